The van der Waals surface area contributed by atoms with Crippen LogP contribution in [0, 0.1) is 6.92 Å². The lowest BCUT2D eigenvalue weighted by Gasteiger charge is -2.26. The van der Waals surface area contributed by atoms with Gasteiger partial charge in [0.1, 0.15) is 11.5 Å². The summed E-state index contributed by atoms with van der Waals surface area (Å²) in [4.78, 5) is 28.1. The highest BCUT2D eigenvalue weighted by Crippen LogP contribution is 2.43. The quantitative estimate of drug-likeness (QED) is 0.229. The number of aryl methyl sites for hydroxylation is 1. The number of phenols is 1. The predicted molar refractivity (Wildman–Crippen MR) is 139 cm³/mol. The Morgan fingerprint density at radius 2 is 1.86 bits per heavy atom. The average molecular weight is 552 g/mol. The molecule has 8 heteroatoms. The number of ether oxygens (including phenoxy) is 2. The molecule has 7 nitrogen and oxygen atoms in total. The third kappa shape index (κ3) is 4.81. The lowest BCUT2D eigenvalue weighted by molar-refractivity contribution is -0.140. The summed E-state index contributed by atoms with van der Waals surface area (Å²) in [5.41, 5.74) is 2.53. The van der Waals surface area contributed by atoms with Crippen LogP contribution < -0.4 is 9.47 Å². The van der Waals surface area contributed by atoms with Gasteiger partial charge in [0.25, 0.3) is 11.7 Å². The summed E-state index contributed by atoms with van der Waals surface area (Å²) in [6.45, 7) is 4.08. The topological polar surface area (TPSA) is 96.3 Å². The monoisotopic (exact) mass is 551 g/mol. The van der Waals surface area contributed by atoms with Gasteiger partial charge in [0.2, 0.25) is 0 Å². The van der Waals surface area contributed by atoms with Gasteiger partial charge in [-0.15, -0.1) is 0 Å². The zero-order valence-electron chi connectivity index (χ0n) is 20.1. The molecule has 1 fully saturated rings. The Balaban J connectivity index is 1.89. The molecule has 0 spiro atoms. The van der Waals surface area contributed by atoms with E-state index >= 15 is 0 Å². The van der Waals surface area contributed by atoms with E-state index in [4.69, 9.17) is 9.47 Å². The summed E-state index contributed by atoms with van der Waals surface area (Å²) < 4.78 is 11.7. The molecule has 1 heterocycles. The van der Waals surface area contributed by atoms with Crippen molar-refractivity contribution in [2.24, 2.45) is 0 Å². The van der Waals surface area contributed by atoms with Crippen molar-refractivity contribution in [2.75, 3.05) is 13.7 Å². The molecule has 1 saturated heterocycles. The molecule has 4 rings (SSSR count). The first-order valence-corrected chi connectivity index (χ1v) is 12.2. The minimum atomic E-state index is -0.903. The number of aliphatic hydroxyl groups excluding tert-OH is 1. The van der Waals surface area contributed by atoms with E-state index in [1.807, 2.05) is 13.0 Å². The molecule has 1 amide bonds. The third-order valence-corrected chi connectivity index (χ3v) is 6.95. The van der Waals surface area contributed by atoms with Crippen LogP contribution in [0.25, 0.3) is 5.76 Å². The van der Waals surface area contributed by atoms with Crippen LogP contribution in [-0.2, 0) is 16.1 Å². The summed E-state index contributed by atoms with van der Waals surface area (Å²) in [5, 5.41) is 21.5. The number of carbonyl (C=O) groups is 2. The van der Waals surface area contributed by atoms with Crippen LogP contribution in [0.2, 0.25) is 0 Å². The lowest BCUT2D eigenvalue weighted by Crippen LogP contribution is -2.29. The molecule has 0 saturated carbocycles. The summed E-state index contributed by atoms with van der Waals surface area (Å²) in [7, 11) is 1.55. The lowest BCUT2D eigenvalue weighted by atomic mass is 9.94. The van der Waals surface area contributed by atoms with Gasteiger partial charge in [0.15, 0.2) is 11.5 Å². The normalized spacial score (nSPS) is 16.9. The van der Waals surface area contributed by atoms with E-state index in [1.165, 1.54) is 11.0 Å². The molecule has 186 valence electrons. The number of nitrogens with zero attached hydrogens (tertiary/aromatic N) is 1. The van der Waals surface area contributed by atoms with Crippen molar-refractivity contribution in [1.29, 1.82) is 0 Å². The van der Waals surface area contributed by atoms with Gasteiger partial charge < -0.3 is 24.6 Å². The van der Waals surface area contributed by atoms with Gasteiger partial charge in [-0.3, -0.25) is 9.59 Å². The fourth-order valence-electron chi connectivity index (χ4n) is 4.28. The van der Waals surface area contributed by atoms with E-state index in [-0.39, 0.29) is 29.4 Å². The molecule has 0 radical (unpaired) electrons. The fraction of sp³-hybridized carbons (Fsp3) is 0.214. The molecule has 3 aromatic carbocycles. The first kappa shape index (κ1) is 25.3. The number of amides is 1. The van der Waals surface area contributed by atoms with Gasteiger partial charge in [-0.1, -0.05) is 40.2 Å². The standard InChI is InChI=1S/C28H26BrNO6/c1-4-36-23-14-18(9-11-22(23)31)25-24(26(32)19-8-10-21(29)16(2)12-19)27(33)28(34)30(25)15-17-6-5-7-20(13-17)35-3/h5-14,25,31-32H,4,15H2,1-3H3/b26-24-. The number of methoxy groups -OCH3 is 1. The van der Waals surface area contributed by atoms with Crippen LogP contribution >= 0.6 is 15.9 Å². The highest BCUT2D eigenvalue weighted by molar-refractivity contribution is 9.10. The SMILES string of the molecule is CCOc1cc(C2/C(=C(/O)c3ccc(Br)c(C)c3)C(=O)C(=O)N2Cc2cccc(OC)c2)ccc1O. The maximum Gasteiger partial charge on any atom is 0.295 e. The first-order valence-electron chi connectivity index (χ1n) is 11.4. The van der Waals surface area contributed by atoms with E-state index < -0.39 is 17.7 Å². The Labute approximate surface area is 217 Å². The van der Waals surface area contributed by atoms with E-state index in [2.05, 4.69) is 15.9 Å². The zero-order chi connectivity index (χ0) is 26.0. The second-order valence-corrected chi connectivity index (χ2v) is 9.26. The Morgan fingerprint density at radius 3 is 2.56 bits per heavy atom. The molecule has 1 unspecified atom stereocenters. The molecule has 1 aliphatic heterocycles. The maximum atomic E-state index is 13.3. The van der Waals surface area contributed by atoms with Crippen molar-refractivity contribution in [2.45, 2.75) is 26.4 Å². The molecule has 36 heavy (non-hydrogen) atoms. The van der Waals surface area contributed by atoms with E-state index in [9.17, 15) is 19.8 Å². The number of benzene rings is 3. The highest BCUT2D eigenvalue weighted by Gasteiger charge is 2.46. The van der Waals surface area contributed by atoms with Crippen molar-refractivity contribution >= 4 is 33.4 Å². The number of aromatic hydroxyl groups is 1. The van der Waals surface area contributed by atoms with Crippen LogP contribution in [-0.4, -0.2) is 40.5 Å². The Kier molecular flexibility index (Phi) is 7.35. The van der Waals surface area contributed by atoms with Crippen LogP contribution in [0.5, 0.6) is 17.2 Å². The zero-order valence-corrected chi connectivity index (χ0v) is 21.7. The number of carbonyl (C=O) groups excluding carboxylic acids is 2. The second kappa shape index (κ2) is 10.5. The number of phenolic OH excluding ortho intramolecular Hbond substituents is 1. The van der Waals surface area contributed by atoms with Gasteiger partial charge >= 0.3 is 0 Å². The number of ketones is 1. The number of rotatable bonds is 7. The van der Waals surface area contributed by atoms with Crippen molar-refractivity contribution < 1.29 is 29.3 Å². The van der Waals surface area contributed by atoms with E-state index in [0.717, 1.165) is 15.6 Å². The third-order valence-electron chi connectivity index (χ3n) is 6.06. The van der Waals surface area contributed by atoms with Crippen LogP contribution in [0.4, 0.5) is 0 Å². The molecule has 3 aromatic rings. The number of hydrogen-bond acceptors (Lipinski definition) is 6. The highest BCUT2D eigenvalue weighted by atomic mass is 79.9. The molecule has 2 N–H and O–H groups in total. The van der Waals surface area contributed by atoms with Crippen molar-refractivity contribution in [1.82, 2.24) is 4.90 Å². The molecule has 0 bridgehead atoms. The fourth-order valence-corrected chi connectivity index (χ4v) is 4.52. The van der Waals surface area contributed by atoms with Crippen LogP contribution in [0.15, 0.2) is 70.7 Å². The second-order valence-electron chi connectivity index (χ2n) is 8.40. The average Bonchev–Trinajstić information content (AvgIpc) is 3.11. The summed E-state index contributed by atoms with van der Waals surface area (Å²) in [6, 6.07) is 16.2. The molecule has 1 atom stereocenters. The van der Waals surface area contributed by atoms with Crippen LogP contribution in [0.3, 0.4) is 0 Å². The minimum Gasteiger partial charge on any atom is -0.507 e. The molecular formula is C28H26BrNO6. The predicted octanol–water partition coefficient (Wildman–Crippen LogP) is 5.49. The minimum absolute atomic E-state index is 0.0299. The number of likely N-dealkylation sites (tertiary alicyclic amines) is 1. The summed E-state index contributed by atoms with van der Waals surface area (Å²) in [6.07, 6.45) is 0. The number of halogens is 1. The molecule has 0 aliphatic carbocycles. The number of Topliss-reactive ketones (excluding diaryl/α,β-unsaturated/α-hetero) is 1. The smallest absolute Gasteiger partial charge is 0.295 e. The van der Waals surface area contributed by atoms with Gasteiger partial charge in [-0.2, -0.15) is 0 Å². The largest absolute Gasteiger partial charge is 0.507 e. The Morgan fingerprint density at radius 1 is 1.08 bits per heavy atom. The van der Waals surface area contributed by atoms with Gasteiger partial charge in [0, 0.05) is 16.6 Å². The number of aliphatic hydroxyl groups is 1. The van der Waals surface area contributed by atoms with Crippen molar-refractivity contribution in [3.8, 4) is 17.2 Å². The molecule has 0 aromatic heterocycles. The Bertz CT molecular complexity index is 1370. The van der Waals surface area contributed by atoms with Gasteiger partial charge in [-0.25, -0.2) is 0 Å². The Hall–Kier alpha value is -3.78. The summed E-state index contributed by atoms with van der Waals surface area (Å²) in [5.74, 6) is -1.01. The van der Waals surface area contributed by atoms with E-state index in [1.54, 1.807) is 62.6 Å². The van der Waals surface area contributed by atoms with Crippen molar-refractivity contribution in [3.05, 3.63) is 93.0 Å². The van der Waals surface area contributed by atoms with Crippen molar-refractivity contribution in [3.63, 3.8) is 0 Å². The van der Waals surface area contributed by atoms with Gasteiger partial charge in [0.05, 0.1) is 25.3 Å². The van der Waals surface area contributed by atoms with Gasteiger partial charge in [-0.05, 0) is 66.9 Å². The number of hydrogen-bond donors (Lipinski definition) is 2. The van der Waals surface area contributed by atoms with E-state index in [0.29, 0.717) is 23.5 Å². The molecular weight excluding hydrogens is 526 g/mol. The summed E-state index contributed by atoms with van der Waals surface area (Å²) >= 11 is 3.44. The van der Waals surface area contributed by atoms with Crippen LogP contribution in [0.1, 0.15) is 35.2 Å². The molecule has 1 aliphatic rings. The first-order chi connectivity index (χ1) is 17.2. The maximum absolute atomic E-state index is 13.3.